The maximum Gasteiger partial charge on any atom is 0.289 e. The van der Waals surface area contributed by atoms with E-state index < -0.39 is 0 Å². The van der Waals surface area contributed by atoms with Gasteiger partial charge in [-0.2, -0.15) is 0 Å². The first kappa shape index (κ1) is 17.0. The summed E-state index contributed by atoms with van der Waals surface area (Å²) in [5, 5.41) is 0.601. The molecule has 0 atom stereocenters. The second-order valence-electron chi connectivity index (χ2n) is 5.55. The lowest BCUT2D eigenvalue weighted by atomic mass is 10.2. The summed E-state index contributed by atoms with van der Waals surface area (Å²) in [5.74, 6) is 0.113. The van der Waals surface area contributed by atoms with Crippen LogP contribution in [-0.2, 0) is 0 Å². The normalized spacial score (nSPS) is 15.2. The summed E-state index contributed by atoms with van der Waals surface area (Å²) in [5.41, 5.74) is 0.606. The summed E-state index contributed by atoms with van der Waals surface area (Å²) in [6.45, 7) is 2.19. The van der Waals surface area contributed by atoms with E-state index in [0.29, 0.717) is 47.2 Å². The SMILES string of the molecule is O=C(c1ccc(Cl)cc1)N1CCCN(C(=O)c2ccc(Br)o2)CC1. The maximum atomic E-state index is 12.6. The number of nitrogens with zero attached hydrogens (tertiary/aromatic N) is 2. The van der Waals surface area contributed by atoms with Crippen LogP contribution in [0.15, 0.2) is 45.5 Å². The molecule has 1 aromatic heterocycles. The number of benzene rings is 1. The van der Waals surface area contributed by atoms with Crippen molar-refractivity contribution in [1.29, 1.82) is 0 Å². The number of hydrogen-bond acceptors (Lipinski definition) is 3. The van der Waals surface area contributed by atoms with Crippen molar-refractivity contribution in [3.05, 3.63) is 57.4 Å². The van der Waals surface area contributed by atoms with Crippen molar-refractivity contribution in [2.45, 2.75) is 6.42 Å². The van der Waals surface area contributed by atoms with E-state index in [4.69, 9.17) is 16.0 Å². The highest BCUT2D eigenvalue weighted by atomic mass is 79.9. The topological polar surface area (TPSA) is 53.8 Å². The molecule has 2 aromatic rings. The van der Waals surface area contributed by atoms with Crippen molar-refractivity contribution in [2.75, 3.05) is 26.2 Å². The zero-order valence-electron chi connectivity index (χ0n) is 12.9. The smallest absolute Gasteiger partial charge is 0.289 e. The minimum absolute atomic E-state index is 0.0401. The van der Waals surface area contributed by atoms with Gasteiger partial charge < -0.3 is 14.2 Å². The lowest BCUT2D eigenvalue weighted by Gasteiger charge is -2.21. The van der Waals surface area contributed by atoms with Crippen molar-refractivity contribution in [3.8, 4) is 0 Å². The summed E-state index contributed by atoms with van der Waals surface area (Å²) in [6.07, 6.45) is 0.729. The molecule has 0 saturated carbocycles. The summed E-state index contributed by atoms with van der Waals surface area (Å²) < 4.78 is 5.85. The molecular formula is C17H16BrClN2O3. The first-order chi connectivity index (χ1) is 11.5. The quantitative estimate of drug-likeness (QED) is 0.757. The average Bonchev–Trinajstić information content (AvgIpc) is 2.87. The molecule has 2 amide bonds. The molecule has 24 heavy (non-hydrogen) atoms. The van der Waals surface area contributed by atoms with Gasteiger partial charge in [-0.15, -0.1) is 0 Å². The highest BCUT2D eigenvalue weighted by Crippen LogP contribution is 2.18. The molecule has 1 aromatic carbocycles. The molecule has 0 aliphatic carbocycles. The van der Waals surface area contributed by atoms with Crippen molar-refractivity contribution in [2.24, 2.45) is 0 Å². The van der Waals surface area contributed by atoms with Gasteiger partial charge in [-0.1, -0.05) is 11.6 Å². The van der Waals surface area contributed by atoms with Crippen LogP contribution in [0.25, 0.3) is 0 Å². The standard InChI is InChI=1S/C17H16BrClN2O3/c18-15-7-6-14(24-15)17(23)21-9-1-8-20(10-11-21)16(22)12-2-4-13(19)5-3-12/h2-7H,1,8-11H2. The predicted octanol–water partition coefficient (Wildman–Crippen LogP) is 3.68. The number of amides is 2. The van der Waals surface area contributed by atoms with Crippen LogP contribution in [0.4, 0.5) is 0 Å². The number of carbonyl (C=O) groups is 2. The Kier molecular flexibility index (Phi) is 5.26. The van der Waals surface area contributed by atoms with Crippen LogP contribution in [0.2, 0.25) is 5.02 Å². The van der Waals surface area contributed by atoms with Crippen molar-refractivity contribution in [3.63, 3.8) is 0 Å². The highest BCUT2D eigenvalue weighted by Gasteiger charge is 2.25. The maximum absolute atomic E-state index is 12.6. The Hall–Kier alpha value is -1.79. The molecule has 0 unspecified atom stereocenters. The van der Waals surface area contributed by atoms with Gasteiger partial charge in [0.05, 0.1) is 0 Å². The van der Waals surface area contributed by atoms with Crippen LogP contribution in [0.5, 0.6) is 0 Å². The zero-order chi connectivity index (χ0) is 17.1. The highest BCUT2D eigenvalue weighted by molar-refractivity contribution is 9.10. The monoisotopic (exact) mass is 410 g/mol. The van der Waals surface area contributed by atoms with E-state index in [2.05, 4.69) is 15.9 Å². The molecule has 7 heteroatoms. The molecule has 3 rings (SSSR count). The Balaban J connectivity index is 1.65. The number of halogens is 2. The average molecular weight is 412 g/mol. The molecule has 1 aliphatic rings. The number of furan rings is 1. The molecule has 0 bridgehead atoms. The van der Waals surface area contributed by atoms with E-state index in [1.807, 2.05) is 0 Å². The van der Waals surface area contributed by atoms with Crippen molar-refractivity contribution >= 4 is 39.3 Å². The second kappa shape index (κ2) is 7.40. The molecule has 1 aliphatic heterocycles. The second-order valence-corrected chi connectivity index (χ2v) is 6.77. The van der Waals surface area contributed by atoms with Gasteiger partial charge in [0.15, 0.2) is 10.4 Å². The van der Waals surface area contributed by atoms with E-state index in [0.717, 1.165) is 6.42 Å². The van der Waals surface area contributed by atoms with Crippen molar-refractivity contribution in [1.82, 2.24) is 9.80 Å². The predicted molar refractivity (Wildman–Crippen MR) is 94.3 cm³/mol. The van der Waals surface area contributed by atoms with E-state index >= 15 is 0 Å². The summed E-state index contributed by atoms with van der Waals surface area (Å²) in [4.78, 5) is 28.5. The molecule has 126 valence electrons. The first-order valence-corrected chi connectivity index (χ1v) is 8.81. The van der Waals surface area contributed by atoms with Crippen LogP contribution >= 0.6 is 27.5 Å². The number of carbonyl (C=O) groups excluding carboxylic acids is 2. The minimum atomic E-state index is -0.151. The fourth-order valence-corrected chi connectivity index (χ4v) is 3.12. The summed E-state index contributed by atoms with van der Waals surface area (Å²) in [7, 11) is 0. The fourth-order valence-electron chi connectivity index (χ4n) is 2.68. The van der Waals surface area contributed by atoms with Gasteiger partial charge in [0.25, 0.3) is 11.8 Å². The van der Waals surface area contributed by atoms with E-state index in [1.165, 1.54) is 0 Å². The Morgan fingerprint density at radius 2 is 1.54 bits per heavy atom. The van der Waals surface area contributed by atoms with E-state index in [1.54, 1.807) is 46.2 Å². The molecule has 2 heterocycles. The lowest BCUT2D eigenvalue weighted by molar-refractivity contribution is 0.0699. The van der Waals surface area contributed by atoms with Crippen LogP contribution < -0.4 is 0 Å². The third-order valence-electron chi connectivity index (χ3n) is 3.95. The van der Waals surface area contributed by atoms with Gasteiger partial charge in [0.2, 0.25) is 0 Å². The van der Waals surface area contributed by atoms with Crippen LogP contribution in [-0.4, -0.2) is 47.8 Å². The minimum Gasteiger partial charge on any atom is -0.444 e. The Morgan fingerprint density at radius 3 is 2.12 bits per heavy atom. The van der Waals surface area contributed by atoms with Crippen LogP contribution in [0, 0.1) is 0 Å². The van der Waals surface area contributed by atoms with Gasteiger partial charge in [0.1, 0.15) is 0 Å². The lowest BCUT2D eigenvalue weighted by Crippen LogP contribution is -2.37. The molecule has 0 N–H and O–H groups in total. The fraction of sp³-hybridized carbons (Fsp3) is 0.294. The van der Waals surface area contributed by atoms with Gasteiger partial charge in [-0.25, -0.2) is 0 Å². The molecule has 0 radical (unpaired) electrons. The van der Waals surface area contributed by atoms with Gasteiger partial charge in [-0.3, -0.25) is 9.59 Å². The number of rotatable bonds is 2. The zero-order valence-corrected chi connectivity index (χ0v) is 15.2. The van der Waals surface area contributed by atoms with Gasteiger partial charge in [0, 0.05) is 36.8 Å². The third kappa shape index (κ3) is 3.82. The van der Waals surface area contributed by atoms with Gasteiger partial charge in [-0.05, 0) is 58.7 Å². The number of hydrogen-bond donors (Lipinski definition) is 0. The van der Waals surface area contributed by atoms with E-state index in [9.17, 15) is 9.59 Å². The van der Waals surface area contributed by atoms with Crippen LogP contribution in [0.3, 0.4) is 0 Å². The Bertz CT molecular complexity index is 745. The van der Waals surface area contributed by atoms with Gasteiger partial charge >= 0.3 is 0 Å². The largest absolute Gasteiger partial charge is 0.444 e. The third-order valence-corrected chi connectivity index (χ3v) is 4.62. The molecule has 0 spiro atoms. The molecule has 1 fully saturated rings. The van der Waals surface area contributed by atoms with E-state index in [-0.39, 0.29) is 11.8 Å². The summed E-state index contributed by atoms with van der Waals surface area (Å²) in [6, 6.07) is 10.2. The van der Waals surface area contributed by atoms with Crippen LogP contribution in [0.1, 0.15) is 27.3 Å². The summed E-state index contributed by atoms with van der Waals surface area (Å²) >= 11 is 9.06. The Morgan fingerprint density at radius 1 is 0.917 bits per heavy atom. The molecular weight excluding hydrogens is 396 g/mol. The first-order valence-electron chi connectivity index (χ1n) is 7.64. The Labute approximate surface area is 153 Å². The molecule has 1 saturated heterocycles. The van der Waals surface area contributed by atoms with Crippen molar-refractivity contribution < 1.29 is 14.0 Å². The molecule has 5 nitrogen and oxygen atoms in total.